The third-order valence-electron chi connectivity index (χ3n) is 4.63. The van der Waals surface area contributed by atoms with Crippen LogP contribution in [0.3, 0.4) is 0 Å². The number of carbonyl (C=O) groups is 1. The fourth-order valence-electron chi connectivity index (χ4n) is 2.99. The molecule has 1 saturated heterocycles. The van der Waals surface area contributed by atoms with Gasteiger partial charge in [0.25, 0.3) is 5.91 Å². The van der Waals surface area contributed by atoms with Gasteiger partial charge in [0, 0.05) is 35.8 Å². The maximum atomic E-state index is 12.2. The molecular formula is C21H24ClN3O3. The van der Waals surface area contributed by atoms with Crippen LogP contribution in [0.5, 0.6) is 5.75 Å². The number of amides is 1. The summed E-state index contributed by atoms with van der Waals surface area (Å²) in [6, 6.07) is 12.6. The molecule has 1 heterocycles. The summed E-state index contributed by atoms with van der Waals surface area (Å²) in [6.45, 7) is 5.95. The number of carbonyl (C=O) groups excluding carboxylic acids is 1. The molecule has 1 N–H and O–H groups in total. The molecule has 1 fully saturated rings. The van der Waals surface area contributed by atoms with E-state index in [0.717, 1.165) is 49.7 Å². The Hall–Kier alpha value is -2.41. The van der Waals surface area contributed by atoms with Crippen LogP contribution < -0.4 is 10.2 Å². The lowest BCUT2D eigenvalue weighted by atomic mass is 10.1. The summed E-state index contributed by atoms with van der Waals surface area (Å²) in [6.07, 6.45) is 0. The molecule has 0 spiro atoms. The van der Waals surface area contributed by atoms with Gasteiger partial charge in [0.05, 0.1) is 26.0 Å². The summed E-state index contributed by atoms with van der Waals surface area (Å²) in [5.74, 6) is 0.561. The van der Waals surface area contributed by atoms with Crippen molar-refractivity contribution in [3.8, 4) is 5.75 Å². The van der Waals surface area contributed by atoms with Gasteiger partial charge in [0.15, 0.2) is 0 Å². The average molecular weight is 402 g/mol. The van der Waals surface area contributed by atoms with E-state index in [4.69, 9.17) is 21.1 Å². The SMILES string of the molecule is COc1ccc(/C(C)=N\NC(=O)c2ccc(Cl)cc2)cc1CN1CCOCC1. The van der Waals surface area contributed by atoms with Crippen molar-refractivity contribution >= 4 is 23.2 Å². The Bertz CT molecular complexity index is 846. The Morgan fingerprint density at radius 1 is 1.18 bits per heavy atom. The number of hydrogen-bond donors (Lipinski definition) is 1. The van der Waals surface area contributed by atoms with Crippen molar-refractivity contribution in [1.82, 2.24) is 10.3 Å². The van der Waals surface area contributed by atoms with Crippen LogP contribution in [0.4, 0.5) is 0 Å². The van der Waals surface area contributed by atoms with E-state index in [1.165, 1.54) is 0 Å². The number of morpholine rings is 1. The zero-order valence-corrected chi connectivity index (χ0v) is 16.8. The fraction of sp³-hybridized carbons (Fsp3) is 0.333. The number of halogens is 1. The average Bonchev–Trinajstić information content (AvgIpc) is 2.73. The lowest BCUT2D eigenvalue weighted by Crippen LogP contribution is -2.35. The quantitative estimate of drug-likeness (QED) is 0.595. The normalized spacial score (nSPS) is 15.3. The topological polar surface area (TPSA) is 63.2 Å². The molecule has 0 aliphatic carbocycles. The first-order valence-electron chi connectivity index (χ1n) is 9.14. The molecule has 0 unspecified atom stereocenters. The molecular weight excluding hydrogens is 378 g/mol. The van der Waals surface area contributed by atoms with Crippen molar-refractivity contribution in [3.63, 3.8) is 0 Å². The predicted molar refractivity (Wildman–Crippen MR) is 110 cm³/mol. The third-order valence-corrected chi connectivity index (χ3v) is 4.88. The zero-order valence-electron chi connectivity index (χ0n) is 16.1. The minimum Gasteiger partial charge on any atom is -0.496 e. The molecule has 28 heavy (non-hydrogen) atoms. The van der Waals surface area contributed by atoms with Crippen LogP contribution >= 0.6 is 11.6 Å². The molecule has 1 aliphatic heterocycles. The molecule has 0 saturated carbocycles. The van der Waals surface area contributed by atoms with E-state index in [1.54, 1.807) is 31.4 Å². The Balaban J connectivity index is 1.72. The van der Waals surface area contributed by atoms with E-state index in [-0.39, 0.29) is 5.91 Å². The van der Waals surface area contributed by atoms with Gasteiger partial charge in [-0.2, -0.15) is 5.10 Å². The number of ether oxygens (including phenoxy) is 2. The second-order valence-electron chi connectivity index (χ2n) is 6.56. The highest BCUT2D eigenvalue weighted by molar-refractivity contribution is 6.30. The molecule has 0 aromatic heterocycles. The van der Waals surface area contributed by atoms with Crippen LogP contribution in [0.15, 0.2) is 47.6 Å². The number of hydrazone groups is 1. The summed E-state index contributed by atoms with van der Waals surface area (Å²) >= 11 is 5.85. The molecule has 1 aliphatic rings. The Morgan fingerprint density at radius 2 is 1.86 bits per heavy atom. The Labute approximate surface area is 170 Å². The second-order valence-corrected chi connectivity index (χ2v) is 7.00. The second kappa shape index (κ2) is 9.68. The van der Waals surface area contributed by atoms with Crippen LogP contribution in [-0.4, -0.2) is 49.9 Å². The molecule has 1 amide bonds. The van der Waals surface area contributed by atoms with E-state index in [0.29, 0.717) is 16.3 Å². The van der Waals surface area contributed by atoms with E-state index >= 15 is 0 Å². The van der Waals surface area contributed by atoms with Crippen LogP contribution in [0.2, 0.25) is 5.02 Å². The molecule has 0 atom stereocenters. The number of methoxy groups -OCH3 is 1. The standard InChI is InChI=1S/C21H24ClN3O3/c1-15(23-24-21(26)16-3-6-19(22)7-4-16)17-5-8-20(27-2)18(13-17)14-25-9-11-28-12-10-25/h3-8,13H,9-12,14H2,1-2H3,(H,24,26)/b23-15-. The first-order chi connectivity index (χ1) is 13.6. The van der Waals surface area contributed by atoms with Crippen molar-refractivity contribution in [3.05, 3.63) is 64.2 Å². The minimum atomic E-state index is -0.280. The summed E-state index contributed by atoms with van der Waals surface area (Å²) in [4.78, 5) is 14.6. The number of nitrogens with one attached hydrogen (secondary N) is 1. The maximum Gasteiger partial charge on any atom is 0.271 e. The van der Waals surface area contributed by atoms with Gasteiger partial charge in [-0.05, 0) is 55.0 Å². The van der Waals surface area contributed by atoms with Gasteiger partial charge in [0.2, 0.25) is 0 Å². The van der Waals surface area contributed by atoms with Gasteiger partial charge in [-0.25, -0.2) is 5.43 Å². The fourth-order valence-corrected chi connectivity index (χ4v) is 3.12. The summed E-state index contributed by atoms with van der Waals surface area (Å²) in [5.41, 5.74) is 5.83. The predicted octanol–water partition coefficient (Wildman–Crippen LogP) is 3.33. The van der Waals surface area contributed by atoms with Crippen molar-refractivity contribution in [2.45, 2.75) is 13.5 Å². The highest BCUT2D eigenvalue weighted by atomic mass is 35.5. The Kier molecular flexibility index (Phi) is 7.03. The summed E-state index contributed by atoms with van der Waals surface area (Å²) < 4.78 is 10.9. The van der Waals surface area contributed by atoms with Gasteiger partial charge in [-0.3, -0.25) is 9.69 Å². The number of benzene rings is 2. The molecule has 2 aromatic carbocycles. The molecule has 0 bridgehead atoms. The Morgan fingerprint density at radius 3 is 2.54 bits per heavy atom. The zero-order chi connectivity index (χ0) is 19.9. The van der Waals surface area contributed by atoms with E-state index in [9.17, 15) is 4.79 Å². The summed E-state index contributed by atoms with van der Waals surface area (Å²) in [7, 11) is 1.67. The summed E-state index contributed by atoms with van der Waals surface area (Å²) in [5, 5.41) is 4.83. The van der Waals surface area contributed by atoms with Crippen molar-refractivity contribution in [1.29, 1.82) is 0 Å². The van der Waals surface area contributed by atoms with Crippen molar-refractivity contribution in [2.24, 2.45) is 5.10 Å². The van der Waals surface area contributed by atoms with Gasteiger partial charge >= 0.3 is 0 Å². The monoisotopic (exact) mass is 401 g/mol. The number of rotatable bonds is 6. The molecule has 0 radical (unpaired) electrons. The van der Waals surface area contributed by atoms with Gasteiger partial charge in [-0.15, -0.1) is 0 Å². The largest absolute Gasteiger partial charge is 0.496 e. The molecule has 148 valence electrons. The smallest absolute Gasteiger partial charge is 0.271 e. The molecule has 7 heteroatoms. The van der Waals surface area contributed by atoms with Crippen molar-refractivity contribution < 1.29 is 14.3 Å². The molecule has 6 nitrogen and oxygen atoms in total. The van der Waals surface area contributed by atoms with Gasteiger partial charge < -0.3 is 9.47 Å². The van der Waals surface area contributed by atoms with Crippen LogP contribution in [0.1, 0.15) is 28.4 Å². The van der Waals surface area contributed by atoms with Crippen molar-refractivity contribution in [2.75, 3.05) is 33.4 Å². The lowest BCUT2D eigenvalue weighted by molar-refractivity contribution is 0.0339. The molecule has 3 rings (SSSR count). The first-order valence-corrected chi connectivity index (χ1v) is 9.52. The minimum absolute atomic E-state index is 0.280. The third kappa shape index (κ3) is 5.32. The highest BCUT2D eigenvalue weighted by Crippen LogP contribution is 2.22. The molecule has 2 aromatic rings. The number of nitrogens with zero attached hydrogens (tertiary/aromatic N) is 2. The van der Waals surface area contributed by atoms with E-state index in [2.05, 4.69) is 21.5 Å². The van der Waals surface area contributed by atoms with E-state index in [1.807, 2.05) is 19.1 Å². The van der Waals surface area contributed by atoms with Gasteiger partial charge in [-0.1, -0.05) is 11.6 Å². The lowest BCUT2D eigenvalue weighted by Gasteiger charge is -2.27. The number of hydrogen-bond acceptors (Lipinski definition) is 5. The highest BCUT2D eigenvalue weighted by Gasteiger charge is 2.14. The maximum absolute atomic E-state index is 12.2. The van der Waals surface area contributed by atoms with Crippen LogP contribution in [-0.2, 0) is 11.3 Å². The first kappa shape index (κ1) is 20.3. The van der Waals surface area contributed by atoms with Crippen LogP contribution in [0.25, 0.3) is 0 Å². The van der Waals surface area contributed by atoms with E-state index < -0.39 is 0 Å². The van der Waals surface area contributed by atoms with Crippen LogP contribution in [0, 0.1) is 0 Å². The van der Waals surface area contributed by atoms with Gasteiger partial charge in [0.1, 0.15) is 5.75 Å².